The quantitative estimate of drug-likeness (QED) is 0.694. The summed E-state index contributed by atoms with van der Waals surface area (Å²) in [6.07, 6.45) is -4.22. The molecule has 0 spiro atoms. The van der Waals surface area contributed by atoms with Crippen molar-refractivity contribution in [3.8, 4) is 0 Å². The van der Waals surface area contributed by atoms with Gasteiger partial charge in [0.2, 0.25) is 0 Å². The number of carbonyl (C=O) groups is 1. The average Bonchev–Trinajstić information content (AvgIpc) is 2.32. The minimum absolute atomic E-state index is 0.0717. The normalized spacial score (nSPS) is 11.9. The molecule has 0 aliphatic heterocycles. The summed E-state index contributed by atoms with van der Waals surface area (Å²) in [5, 5.41) is 0. The third-order valence-corrected chi connectivity index (χ3v) is 2.77. The lowest BCUT2D eigenvalue weighted by atomic mass is 10.1. The molecule has 0 aliphatic rings. The lowest BCUT2D eigenvalue weighted by Crippen LogP contribution is -2.33. The van der Waals surface area contributed by atoms with Gasteiger partial charge in [-0.2, -0.15) is 8.78 Å². The monoisotopic (exact) mass is 360 g/mol. The Morgan fingerprint density at radius 1 is 1.35 bits per heavy atom. The van der Waals surface area contributed by atoms with E-state index in [4.69, 9.17) is 0 Å². The largest absolute Gasteiger partial charge is 0.367 e. The maximum Gasteiger partial charge on any atom is 0.330 e. The predicted molar refractivity (Wildman–Crippen MR) is 64.6 cm³/mol. The van der Waals surface area contributed by atoms with Crippen molar-refractivity contribution < 1.29 is 31.5 Å². The van der Waals surface area contributed by atoms with Crippen LogP contribution in [-0.4, -0.2) is 31.3 Å². The average molecular weight is 361 g/mol. The van der Waals surface area contributed by atoms with E-state index in [-0.39, 0.29) is 12.0 Å². The van der Waals surface area contributed by atoms with Crippen LogP contribution < -0.4 is 0 Å². The molecule has 112 valence electrons. The fourth-order valence-corrected chi connectivity index (χ4v) is 1.63. The fraction of sp³-hybridized carbons (Fsp3) is 0.417. The Morgan fingerprint density at radius 2 is 2.00 bits per heavy atom. The SMILES string of the molecule is O=C(COCC(F)(F)C(F)F)Cc1ccc(Br)cc1F. The molecule has 0 atom stereocenters. The highest BCUT2D eigenvalue weighted by Gasteiger charge is 2.41. The molecular weight excluding hydrogens is 351 g/mol. The van der Waals surface area contributed by atoms with Gasteiger partial charge >= 0.3 is 12.3 Å². The minimum atomic E-state index is -4.30. The Balaban J connectivity index is 2.45. The van der Waals surface area contributed by atoms with E-state index in [0.717, 1.165) is 6.07 Å². The first-order valence-electron chi connectivity index (χ1n) is 5.41. The van der Waals surface area contributed by atoms with E-state index >= 15 is 0 Å². The number of halogens is 6. The topological polar surface area (TPSA) is 26.3 Å². The van der Waals surface area contributed by atoms with Crippen molar-refractivity contribution in [1.82, 2.24) is 0 Å². The van der Waals surface area contributed by atoms with E-state index < -0.39 is 37.2 Å². The second kappa shape index (κ2) is 7.12. The molecule has 0 radical (unpaired) electrons. The van der Waals surface area contributed by atoms with Crippen LogP contribution >= 0.6 is 15.9 Å². The molecule has 0 N–H and O–H groups in total. The van der Waals surface area contributed by atoms with E-state index in [1.807, 2.05) is 0 Å². The van der Waals surface area contributed by atoms with Gasteiger partial charge in [-0.1, -0.05) is 22.0 Å². The van der Waals surface area contributed by atoms with Crippen LogP contribution in [-0.2, 0) is 16.0 Å². The first kappa shape index (κ1) is 17.0. The number of ketones is 1. The number of Topliss-reactive ketones (excluding diaryl/α,β-unsaturated/α-hetero) is 1. The molecule has 0 bridgehead atoms. The lowest BCUT2D eigenvalue weighted by molar-refractivity contribution is -0.168. The Morgan fingerprint density at radius 3 is 2.55 bits per heavy atom. The predicted octanol–water partition coefficient (Wildman–Crippen LogP) is 3.62. The van der Waals surface area contributed by atoms with Crippen molar-refractivity contribution in [2.24, 2.45) is 0 Å². The van der Waals surface area contributed by atoms with E-state index in [1.54, 1.807) is 0 Å². The van der Waals surface area contributed by atoms with E-state index in [0.29, 0.717) is 4.47 Å². The van der Waals surface area contributed by atoms with E-state index in [2.05, 4.69) is 20.7 Å². The smallest absolute Gasteiger partial charge is 0.330 e. The lowest BCUT2D eigenvalue weighted by Gasteiger charge is -2.14. The fourth-order valence-electron chi connectivity index (χ4n) is 1.29. The maximum atomic E-state index is 13.4. The van der Waals surface area contributed by atoms with Crippen molar-refractivity contribution in [2.45, 2.75) is 18.8 Å². The number of benzene rings is 1. The summed E-state index contributed by atoms with van der Waals surface area (Å²) in [6, 6.07) is 4.01. The zero-order chi connectivity index (χ0) is 15.3. The zero-order valence-electron chi connectivity index (χ0n) is 10.0. The molecule has 0 aliphatic carbocycles. The summed E-state index contributed by atoms with van der Waals surface area (Å²) in [6.45, 7) is -2.34. The van der Waals surface area contributed by atoms with Gasteiger partial charge in [-0.25, -0.2) is 13.2 Å². The highest BCUT2D eigenvalue weighted by Crippen LogP contribution is 2.22. The maximum absolute atomic E-state index is 13.4. The van der Waals surface area contributed by atoms with Crippen molar-refractivity contribution in [3.63, 3.8) is 0 Å². The molecule has 0 saturated carbocycles. The molecular formula is C12H10BrF5O2. The first-order chi connectivity index (χ1) is 9.22. The molecule has 0 unspecified atom stereocenters. The molecule has 0 aromatic heterocycles. The number of rotatable bonds is 7. The number of hydrogen-bond acceptors (Lipinski definition) is 2. The van der Waals surface area contributed by atoms with Crippen molar-refractivity contribution in [1.29, 1.82) is 0 Å². The molecule has 20 heavy (non-hydrogen) atoms. The summed E-state index contributed by atoms with van der Waals surface area (Å²) in [5.74, 6) is -5.62. The molecule has 1 aromatic rings. The molecule has 0 amide bonds. The molecule has 1 rings (SSSR count). The number of alkyl halides is 4. The van der Waals surface area contributed by atoms with Crippen LogP contribution in [0.25, 0.3) is 0 Å². The van der Waals surface area contributed by atoms with E-state index in [9.17, 15) is 26.7 Å². The van der Waals surface area contributed by atoms with Crippen LogP contribution in [0, 0.1) is 5.82 Å². The Bertz CT molecular complexity index is 479. The second-order valence-corrected chi connectivity index (χ2v) is 4.92. The van der Waals surface area contributed by atoms with E-state index in [1.165, 1.54) is 12.1 Å². The third-order valence-electron chi connectivity index (χ3n) is 2.28. The van der Waals surface area contributed by atoms with Crippen LogP contribution in [0.4, 0.5) is 22.0 Å². The minimum Gasteiger partial charge on any atom is -0.367 e. The van der Waals surface area contributed by atoms with Crippen molar-refractivity contribution >= 4 is 21.7 Å². The first-order valence-corrected chi connectivity index (χ1v) is 6.21. The molecule has 8 heteroatoms. The van der Waals surface area contributed by atoms with Crippen LogP contribution in [0.15, 0.2) is 22.7 Å². The molecule has 2 nitrogen and oxygen atoms in total. The summed E-state index contributed by atoms with van der Waals surface area (Å²) < 4.78 is 66.7. The van der Waals surface area contributed by atoms with Crippen molar-refractivity contribution in [2.75, 3.05) is 13.2 Å². The van der Waals surface area contributed by atoms with Crippen LogP contribution in [0.1, 0.15) is 5.56 Å². The number of ether oxygens (including phenoxy) is 1. The number of hydrogen-bond donors (Lipinski definition) is 0. The van der Waals surface area contributed by atoms with Gasteiger partial charge < -0.3 is 4.74 Å². The highest BCUT2D eigenvalue weighted by molar-refractivity contribution is 9.10. The van der Waals surface area contributed by atoms with Crippen LogP contribution in [0.2, 0.25) is 0 Å². The Labute approximate surface area is 120 Å². The van der Waals surface area contributed by atoms with Gasteiger partial charge in [0.05, 0.1) is 0 Å². The molecule has 0 saturated heterocycles. The molecule has 0 fully saturated rings. The van der Waals surface area contributed by atoms with Gasteiger partial charge in [0, 0.05) is 10.9 Å². The Hall–Kier alpha value is -1.02. The van der Waals surface area contributed by atoms with Gasteiger partial charge in [-0.3, -0.25) is 4.79 Å². The summed E-state index contributed by atoms with van der Waals surface area (Å²) >= 11 is 3.04. The number of carbonyl (C=O) groups excluding carboxylic acids is 1. The Kier molecular flexibility index (Phi) is 6.07. The van der Waals surface area contributed by atoms with Gasteiger partial charge in [-0.15, -0.1) is 0 Å². The van der Waals surface area contributed by atoms with Gasteiger partial charge in [0.1, 0.15) is 19.0 Å². The van der Waals surface area contributed by atoms with Crippen LogP contribution in [0.5, 0.6) is 0 Å². The molecule has 0 heterocycles. The van der Waals surface area contributed by atoms with Gasteiger partial charge in [0.25, 0.3) is 0 Å². The van der Waals surface area contributed by atoms with Gasteiger partial charge in [-0.05, 0) is 17.7 Å². The highest BCUT2D eigenvalue weighted by atomic mass is 79.9. The summed E-state index contributed by atoms with van der Waals surface area (Å²) in [4.78, 5) is 11.4. The summed E-state index contributed by atoms with van der Waals surface area (Å²) in [7, 11) is 0. The third kappa shape index (κ3) is 5.16. The second-order valence-electron chi connectivity index (χ2n) is 4.01. The standard InChI is InChI=1S/C12H10BrF5O2/c13-8-2-1-7(10(14)4-8)3-9(19)5-20-6-12(17,18)11(15)16/h1-2,4,11H,3,5-6H2. The molecule has 1 aromatic carbocycles. The van der Waals surface area contributed by atoms with Crippen molar-refractivity contribution in [3.05, 3.63) is 34.1 Å². The van der Waals surface area contributed by atoms with Crippen LogP contribution in [0.3, 0.4) is 0 Å². The zero-order valence-corrected chi connectivity index (χ0v) is 11.6. The summed E-state index contributed by atoms with van der Waals surface area (Å²) in [5.41, 5.74) is 0.0717. The van der Waals surface area contributed by atoms with Gasteiger partial charge in [0.15, 0.2) is 5.78 Å².